The van der Waals surface area contributed by atoms with E-state index in [9.17, 15) is 39.5 Å². The fraction of sp³-hybridized carbons (Fsp3) is 0.520. The molecule has 12 heteroatoms. The zero-order valence-electron chi connectivity index (χ0n) is 20.7. The number of aryl methyl sites for hydroxylation is 1. The Balaban J connectivity index is 2.50. The minimum Gasteiger partial charge on any atom is -0.402 e. The van der Waals surface area contributed by atoms with Crippen LogP contribution < -0.4 is 5.32 Å². The van der Waals surface area contributed by atoms with Gasteiger partial charge in [-0.3, -0.25) is 0 Å². The van der Waals surface area contributed by atoms with E-state index < -0.39 is 60.7 Å². The second-order valence-electron chi connectivity index (χ2n) is 9.98. The summed E-state index contributed by atoms with van der Waals surface area (Å²) in [5, 5.41) is 3.09. The zero-order chi connectivity index (χ0) is 28.0. The van der Waals surface area contributed by atoms with Gasteiger partial charge < -0.3 is 9.74 Å². The Hall–Kier alpha value is -2.05. The van der Waals surface area contributed by atoms with Crippen LogP contribution in [0.25, 0.3) is 0 Å². The third-order valence-corrected chi connectivity index (χ3v) is 9.27. The Morgan fingerprint density at radius 1 is 0.757 bits per heavy atom. The number of hydrogen-bond donors (Lipinski definition) is 1. The summed E-state index contributed by atoms with van der Waals surface area (Å²) in [6.45, 7) is 7.00. The van der Waals surface area contributed by atoms with Gasteiger partial charge in [-0.15, -0.1) is 0 Å². The van der Waals surface area contributed by atoms with Crippen LogP contribution in [0.4, 0.5) is 39.5 Å². The van der Waals surface area contributed by atoms with Gasteiger partial charge in [-0.25, -0.2) is 0 Å². The molecule has 1 unspecified atom stereocenters. The van der Waals surface area contributed by atoms with Crippen molar-refractivity contribution in [3.63, 3.8) is 0 Å². The minimum atomic E-state index is -5.13. The molecule has 2 atom stereocenters. The molecular weight excluding hydrogens is 529 g/mol. The van der Waals surface area contributed by atoms with E-state index in [1.54, 1.807) is 20.0 Å². The van der Waals surface area contributed by atoms with Crippen molar-refractivity contribution >= 4 is 8.32 Å². The van der Waals surface area contributed by atoms with E-state index >= 15 is 0 Å². The minimum absolute atomic E-state index is 0.0100. The van der Waals surface area contributed by atoms with Crippen molar-refractivity contribution in [2.45, 2.75) is 76.0 Å². The number of nitrogens with one attached hydrogen (secondary N) is 1. The SMILES string of the molecule is CC[Si](C)(C)OC(c1cc(C)cc(C(F)(F)F)c1)(c1cc(C(F)(F)F)cc(C(F)(F)F)c1)[C@H]1CCCN1. The molecule has 2 aromatic rings. The maximum atomic E-state index is 13.8. The lowest BCUT2D eigenvalue weighted by molar-refractivity contribution is -0.143. The molecule has 1 N–H and O–H groups in total. The second-order valence-corrected chi connectivity index (χ2v) is 14.4. The van der Waals surface area contributed by atoms with Gasteiger partial charge in [-0.1, -0.05) is 18.6 Å². The Labute approximate surface area is 210 Å². The Bertz CT molecular complexity index is 1090. The topological polar surface area (TPSA) is 21.3 Å². The summed E-state index contributed by atoms with van der Waals surface area (Å²) in [7, 11) is -2.84. The average molecular weight is 558 g/mol. The third-order valence-electron chi connectivity index (χ3n) is 6.69. The highest BCUT2D eigenvalue weighted by Gasteiger charge is 2.50. The molecule has 0 bridgehead atoms. The molecule has 0 spiro atoms. The van der Waals surface area contributed by atoms with Crippen molar-refractivity contribution in [3.8, 4) is 0 Å². The van der Waals surface area contributed by atoms with Gasteiger partial charge in [0.25, 0.3) is 0 Å². The number of halogens is 9. The van der Waals surface area contributed by atoms with Crippen molar-refractivity contribution in [2.75, 3.05) is 6.54 Å². The normalized spacial score (nSPS) is 19.2. The first-order chi connectivity index (χ1) is 16.8. The van der Waals surface area contributed by atoms with E-state index in [0.717, 1.165) is 12.1 Å². The lowest BCUT2D eigenvalue weighted by atomic mass is 9.77. The van der Waals surface area contributed by atoms with Crippen LogP contribution in [0, 0.1) is 6.92 Å². The third kappa shape index (κ3) is 6.34. The standard InChI is InChI=1S/C25H28F9NOSi/c1-5-37(3,4)36-22(21-7-6-8-35-21,16-9-15(2)10-18(11-16)23(26,27)28)17-12-19(24(29,30)31)14-20(13-17)25(32,33)34/h9-14,21,35H,5-8H2,1-4H3/t21-,22?/m1/s1. The van der Waals surface area contributed by atoms with Gasteiger partial charge in [0.1, 0.15) is 5.60 Å². The van der Waals surface area contributed by atoms with Crippen molar-refractivity contribution in [1.29, 1.82) is 0 Å². The number of hydrogen-bond acceptors (Lipinski definition) is 2. The predicted octanol–water partition coefficient (Wildman–Crippen LogP) is 8.29. The van der Waals surface area contributed by atoms with Gasteiger partial charge >= 0.3 is 18.5 Å². The van der Waals surface area contributed by atoms with Crippen LogP contribution >= 0.6 is 0 Å². The molecule has 37 heavy (non-hydrogen) atoms. The summed E-state index contributed by atoms with van der Waals surface area (Å²) >= 11 is 0. The molecule has 0 aromatic heterocycles. The fourth-order valence-electron chi connectivity index (χ4n) is 4.63. The Morgan fingerprint density at radius 3 is 1.57 bits per heavy atom. The second kappa shape index (κ2) is 9.92. The molecule has 1 aliphatic rings. The van der Waals surface area contributed by atoms with E-state index in [1.807, 2.05) is 0 Å². The van der Waals surface area contributed by atoms with E-state index in [0.29, 0.717) is 31.1 Å². The first-order valence-corrected chi connectivity index (χ1v) is 14.8. The molecule has 1 saturated heterocycles. The summed E-state index contributed by atoms with van der Waals surface area (Å²) in [5.41, 5.74) is -6.68. The van der Waals surface area contributed by atoms with Crippen molar-refractivity contribution < 1.29 is 43.9 Å². The van der Waals surface area contributed by atoms with Crippen LogP contribution in [0.15, 0.2) is 36.4 Å². The highest BCUT2D eigenvalue weighted by Crippen LogP contribution is 2.48. The monoisotopic (exact) mass is 557 g/mol. The Kier molecular flexibility index (Phi) is 7.91. The van der Waals surface area contributed by atoms with E-state index in [1.165, 1.54) is 13.0 Å². The van der Waals surface area contributed by atoms with Crippen molar-refractivity contribution in [2.24, 2.45) is 0 Å². The van der Waals surface area contributed by atoms with Crippen molar-refractivity contribution in [3.05, 3.63) is 69.8 Å². The molecular formula is C25H28F9NOSi. The molecule has 0 radical (unpaired) electrons. The summed E-state index contributed by atoms with van der Waals surface area (Å²) in [4.78, 5) is 0. The first-order valence-electron chi connectivity index (χ1n) is 11.7. The van der Waals surface area contributed by atoms with Crippen LogP contribution in [0.5, 0.6) is 0 Å². The Morgan fingerprint density at radius 2 is 1.16 bits per heavy atom. The smallest absolute Gasteiger partial charge is 0.402 e. The average Bonchev–Trinajstić information content (AvgIpc) is 3.30. The lowest BCUT2D eigenvalue weighted by Gasteiger charge is -2.46. The number of rotatable bonds is 6. The van der Waals surface area contributed by atoms with Crippen LogP contribution in [0.2, 0.25) is 19.1 Å². The molecule has 1 aliphatic heterocycles. The number of benzene rings is 2. The highest BCUT2D eigenvalue weighted by atomic mass is 28.4. The molecule has 2 nitrogen and oxygen atoms in total. The van der Waals surface area contributed by atoms with Gasteiger partial charge in [0.15, 0.2) is 8.32 Å². The molecule has 206 valence electrons. The van der Waals surface area contributed by atoms with Crippen molar-refractivity contribution in [1.82, 2.24) is 5.32 Å². The maximum Gasteiger partial charge on any atom is 0.416 e. The molecule has 1 heterocycles. The number of alkyl halides is 9. The molecule has 0 saturated carbocycles. The molecule has 0 amide bonds. The summed E-state index contributed by atoms with van der Waals surface area (Å²) in [6.07, 6.45) is -14.3. The van der Waals surface area contributed by atoms with Gasteiger partial charge in [0.2, 0.25) is 0 Å². The van der Waals surface area contributed by atoms with Crippen LogP contribution in [0.3, 0.4) is 0 Å². The largest absolute Gasteiger partial charge is 0.416 e. The summed E-state index contributed by atoms with van der Waals surface area (Å²) in [5.74, 6) is 0. The summed E-state index contributed by atoms with van der Waals surface area (Å²) in [6, 6.07) is 3.73. The van der Waals surface area contributed by atoms with Gasteiger partial charge in [-0.2, -0.15) is 39.5 Å². The molecule has 1 fully saturated rings. The maximum absolute atomic E-state index is 13.8. The molecule has 2 aromatic carbocycles. The van der Waals surface area contributed by atoms with Gasteiger partial charge in [-0.05, 0) is 86.9 Å². The highest BCUT2D eigenvalue weighted by molar-refractivity contribution is 6.71. The lowest BCUT2D eigenvalue weighted by Crippen LogP contribution is -2.54. The molecule has 0 aliphatic carbocycles. The quantitative estimate of drug-likeness (QED) is 0.285. The summed E-state index contributed by atoms with van der Waals surface area (Å²) < 4.78 is 131. The first kappa shape index (κ1) is 29.5. The molecule has 3 rings (SSSR count). The predicted molar refractivity (Wildman–Crippen MR) is 123 cm³/mol. The van der Waals surface area contributed by atoms with E-state index in [2.05, 4.69) is 5.32 Å². The fourth-order valence-corrected chi connectivity index (χ4v) is 6.02. The zero-order valence-corrected chi connectivity index (χ0v) is 21.7. The van der Waals surface area contributed by atoms with Crippen LogP contribution in [-0.4, -0.2) is 20.9 Å². The van der Waals surface area contributed by atoms with Gasteiger partial charge in [0, 0.05) is 6.04 Å². The van der Waals surface area contributed by atoms with Crippen LogP contribution in [0.1, 0.15) is 53.1 Å². The van der Waals surface area contributed by atoms with E-state index in [4.69, 9.17) is 4.43 Å². The van der Waals surface area contributed by atoms with Crippen LogP contribution in [-0.2, 0) is 28.6 Å². The van der Waals surface area contributed by atoms with E-state index in [-0.39, 0.29) is 23.6 Å². The van der Waals surface area contributed by atoms with Gasteiger partial charge in [0.05, 0.1) is 16.7 Å².